The molecule has 5 heteroatoms. The molecule has 0 saturated heterocycles. The number of ether oxygens (including phenoxy) is 1. The molecule has 5 atom stereocenters. The molecular formula is C25H36O5. The van der Waals surface area contributed by atoms with Crippen LogP contribution in [0.5, 0.6) is 0 Å². The van der Waals surface area contributed by atoms with E-state index in [0.29, 0.717) is 25.7 Å². The van der Waals surface area contributed by atoms with E-state index in [0.717, 1.165) is 18.4 Å². The smallest absolute Gasteiger partial charge is 0.306 e. The van der Waals surface area contributed by atoms with Crippen molar-refractivity contribution in [2.75, 3.05) is 0 Å². The van der Waals surface area contributed by atoms with Crippen molar-refractivity contribution in [2.45, 2.75) is 76.8 Å². The summed E-state index contributed by atoms with van der Waals surface area (Å²) in [6.07, 6.45) is 9.17. The molecule has 30 heavy (non-hydrogen) atoms. The van der Waals surface area contributed by atoms with Gasteiger partial charge in [0.15, 0.2) is 0 Å². The standard InChI is InChI=1S/C25H36O5/c1-18(2)30-25(29)13-9-4-3-8-12-21-22(24(28)17-23(21)27)15-14-20(26)16-19-10-6-5-7-11-19/h3,5-8,10-11,14-15,18,20-24,26-28H,4,9,12-13,16-17H2,1-2H3/b8-3+,15-14+. The van der Waals surface area contributed by atoms with Gasteiger partial charge in [-0.15, -0.1) is 0 Å². The van der Waals surface area contributed by atoms with Crippen molar-refractivity contribution in [3.63, 3.8) is 0 Å². The van der Waals surface area contributed by atoms with Gasteiger partial charge in [-0.2, -0.15) is 0 Å². The van der Waals surface area contributed by atoms with Gasteiger partial charge in [-0.3, -0.25) is 4.79 Å². The lowest BCUT2D eigenvalue weighted by Gasteiger charge is -2.19. The lowest BCUT2D eigenvalue weighted by atomic mass is 9.89. The van der Waals surface area contributed by atoms with Crippen molar-refractivity contribution in [1.29, 1.82) is 0 Å². The average molecular weight is 417 g/mol. The molecule has 5 nitrogen and oxygen atoms in total. The van der Waals surface area contributed by atoms with E-state index in [1.807, 2.05) is 62.4 Å². The minimum atomic E-state index is -0.626. The number of carbonyl (C=O) groups excluding carboxylic acids is 1. The number of aliphatic hydroxyl groups is 3. The van der Waals surface area contributed by atoms with Crippen LogP contribution in [-0.2, 0) is 16.0 Å². The van der Waals surface area contributed by atoms with E-state index in [1.54, 1.807) is 6.08 Å². The molecule has 0 spiro atoms. The van der Waals surface area contributed by atoms with E-state index < -0.39 is 18.3 Å². The second-order valence-electron chi connectivity index (χ2n) is 8.39. The maximum Gasteiger partial charge on any atom is 0.306 e. The number of hydrogen-bond acceptors (Lipinski definition) is 5. The van der Waals surface area contributed by atoms with Crippen LogP contribution in [-0.4, -0.2) is 45.7 Å². The zero-order valence-corrected chi connectivity index (χ0v) is 18.1. The summed E-state index contributed by atoms with van der Waals surface area (Å²) in [5.41, 5.74) is 1.05. The number of rotatable bonds is 11. The predicted octanol–water partition coefficient (Wildman–Crippen LogP) is 3.57. The number of allylic oxidation sites excluding steroid dienone is 2. The second kappa shape index (κ2) is 12.7. The van der Waals surface area contributed by atoms with E-state index in [9.17, 15) is 20.1 Å². The van der Waals surface area contributed by atoms with Gasteiger partial charge in [-0.05, 0) is 44.6 Å². The molecule has 166 valence electrons. The van der Waals surface area contributed by atoms with Gasteiger partial charge in [-0.25, -0.2) is 0 Å². The second-order valence-corrected chi connectivity index (χ2v) is 8.39. The fourth-order valence-corrected chi connectivity index (χ4v) is 3.94. The Balaban J connectivity index is 1.80. The zero-order chi connectivity index (χ0) is 21.9. The van der Waals surface area contributed by atoms with Gasteiger partial charge in [0.1, 0.15) is 0 Å². The summed E-state index contributed by atoms with van der Waals surface area (Å²) in [5.74, 6) is -0.439. The highest BCUT2D eigenvalue weighted by Crippen LogP contribution is 2.36. The van der Waals surface area contributed by atoms with Crippen LogP contribution < -0.4 is 0 Å². The third-order valence-electron chi connectivity index (χ3n) is 5.45. The first-order valence-electron chi connectivity index (χ1n) is 11.0. The Morgan fingerprint density at radius 3 is 2.60 bits per heavy atom. The molecule has 2 rings (SSSR count). The van der Waals surface area contributed by atoms with Gasteiger partial charge < -0.3 is 20.1 Å². The topological polar surface area (TPSA) is 87.0 Å². The molecule has 1 saturated carbocycles. The van der Waals surface area contributed by atoms with E-state index in [2.05, 4.69) is 0 Å². The maximum absolute atomic E-state index is 11.5. The summed E-state index contributed by atoms with van der Waals surface area (Å²) in [7, 11) is 0. The van der Waals surface area contributed by atoms with E-state index in [-0.39, 0.29) is 23.9 Å². The minimum absolute atomic E-state index is 0.0812. The lowest BCUT2D eigenvalue weighted by molar-refractivity contribution is -0.147. The van der Waals surface area contributed by atoms with Crippen molar-refractivity contribution in [1.82, 2.24) is 0 Å². The number of unbranched alkanes of at least 4 members (excludes halogenated alkanes) is 1. The SMILES string of the molecule is CC(C)OC(=O)CCC/C=C/CC1C(O)CC(O)C1/C=C/C(O)Cc1ccccc1. The Kier molecular flexibility index (Phi) is 10.3. The van der Waals surface area contributed by atoms with Crippen LogP contribution in [0.3, 0.4) is 0 Å². The molecule has 5 unspecified atom stereocenters. The Bertz CT molecular complexity index is 682. The largest absolute Gasteiger partial charge is 0.463 e. The van der Waals surface area contributed by atoms with Gasteiger partial charge in [0.25, 0.3) is 0 Å². The summed E-state index contributed by atoms with van der Waals surface area (Å²) in [6.45, 7) is 3.68. The van der Waals surface area contributed by atoms with Crippen molar-refractivity contribution < 1.29 is 24.9 Å². The molecule has 1 fully saturated rings. The third-order valence-corrected chi connectivity index (χ3v) is 5.45. The first kappa shape index (κ1) is 24.3. The minimum Gasteiger partial charge on any atom is -0.463 e. The molecule has 1 aromatic carbocycles. The normalized spacial score (nSPS) is 25.4. The third kappa shape index (κ3) is 8.42. The number of aliphatic hydroxyl groups excluding tert-OH is 3. The van der Waals surface area contributed by atoms with E-state index in [1.165, 1.54) is 0 Å². The van der Waals surface area contributed by atoms with E-state index >= 15 is 0 Å². The van der Waals surface area contributed by atoms with Crippen LogP contribution >= 0.6 is 0 Å². The molecule has 0 bridgehead atoms. The average Bonchev–Trinajstić information content (AvgIpc) is 2.95. The lowest BCUT2D eigenvalue weighted by Crippen LogP contribution is -2.20. The summed E-state index contributed by atoms with van der Waals surface area (Å²) >= 11 is 0. The summed E-state index contributed by atoms with van der Waals surface area (Å²) in [5, 5.41) is 31.0. The van der Waals surface area contributed by atoms with Crippen molar-refractivity contribution in [2.24, 2.45) is 11.8 Å². The first-order chi connectivity index (χ1) is 14.4. The molecule has 0 amide bonds. The van der Waals surface area contributed by atoms with Gasteiger partial charge >= 0.3 is 5.97 Å². The first-order valence-corrected chi connectivity index (χ1v) is 11.0. The van der Waals surface area contributed by atoms with Crippen molar-refractivity contribution in [3.8, 4) is 0 Å². The van der Waals surface area contributed by atoms with Gasteiger partial charge in [0.05, 0.1) is 24.4 Å². The van der Waals surface area contributed by atoms with Crippen LogP contribution in [0.15, 0.2) is 54.6 Å². The molecule has 1 aliphatic carbocycles. The fraction of sp³-hybridized carbons (Fsp3) is 0.560. The van der Waals surface area contributed by atoms with Gasteiger partial charge in [-0.1, -0.05) is 54.6 Å². The van der Waals surface area contributed by atoms with Crippen LogP contribution in [0, 0.1) is 11.8 Å². The molecule has 0 aromatic heterocycles. The Morgan fingerprint density at radius 2 is 1.90 bits per heavy atom. The summed E-state index contributed by atoms with van der Waals surface area (Å²) in [4.78, 5) is 11.5. The highest BCUT2D eigenvalue weighted by atomic mass is 16.5. The molecular weight excluding hydrogens is 380 g/mol. The fourth-order valence-electron chi connectivity index (χ4n) is 3.94. The molecule has 3 N–H and O–H groups in total. The highest BCUT2D eigenvalue weighted by molar-refractivity contribution is 5.69. The summed E-state index contributed by atoms with van der Waals surface area (Å²) in [6, 6.07) is 9.77. The molecule has 0 heterocycles. The predicted molar refractivity (Wildman–Crippen MR) is 118 cm³/mol. The van der Waals surface area contributed by atoms with Gasteiger partial charge in [0, 0.05) is 25.2 Å². The maximum atomic E-state index is 11.5. The zero-order valence-electron chi connectivity index (χ0n) is 18.1. The Hall–Kier alpha value is -1.95. The van der Waals surface area contributed by atoms with Crippen molar-refractivity contribution in [3.05, 3.63) is 60.2 Å². The summed E-state index contributed by atoms with van der Waals surface area (Å²) < 4.78 is 5.11. The van der Waals surface area contributed by atoms with Gasteiger partial charge in [0.2, 0.25) is 0 Å². The van der Waals surface area contributed by atoms with Crippen LogP contribution in [0.2, 0.25) is 0 Å². The quantitative estimate of drug-likeness (QED) is 0.292. The number of carbonyl (C=O) groups is 1. The van der Waals surface area contributed by atoms with Crippen molar-refractivity contribution >= 4 is 5.97 Å². The van der Waals surface area contributed by atoms with Crippen LogP contribution in [0.25, 0.3) is 0 Å². The molecule has 1 aliphatic rings. The van der Waals surface area contributed by atoms with E-state index in [4.69, 9.17) is 4.74 Å². The number of benzene rings is 1. The monoisotopic (exact) mass is 416 g/mol. The molecule has 0 radical (unpaired) electrons. The highest BCUT2D eigenvalue weighted by Gasteiger charge is 2.39. The number of esters is 1. The van der Waals surface area contributed by atoms with Crippen LogP contribution in [0.1, 0.15) is 51.5 Å². The molecule has 1 aromatic rings. The number of hydrogen-bond donors (Lipinski definition) is 3. The molecule has 0 aliphatic heterocycles. The Labute approximate surface area is 180 Å². The Morgan fingerprint density at radius 1 is 1.17 bits per heavy atom. The van der Waals surface area contributed by atoms with Crippen LogP contribution in [0.4, 0.5) is 0 Å².